The summed E-state index contributed by atoms with van der Waals surface area (Å²) in [5.41, 5.74) is 8.33. The molecule has 5 heterocycles. The predicted molar refractivity (Wildman–Crippen MR) is 234 cm³/mol. The quantitative estimate of drug-likeness (QED) is 0.0360. The van der Waals surface area contributed by atoms with Crippen molar-refractivity contribution in [2.45, 2.75) is 102 Å². The number of halogens is 4. The number of rotatable bonds is 20. The maximum absolute atomic E-state index is 15.4. The summed E-state index contributed by atoms with van der Waals surface area (Å²) in [6.45, 7) is 1.41. The molecule has 7 rings (SSSR count). The van der Waals surface area contributed by atoms with Gasteiger partial charge in [-0.25, -0.2) is 14.4 Å². The number of nitrogens with one attached hydrogen (secondary N) is 3. The van der Waals surface area contributed by atoms with Crippen molar-refractivity contribution in [1.29, 1.82) is 0 Å². The van der Waals surface area contributed by atoms with E-state index in [0.717, 1.165) is 42.7 Å². The molecule has 68 heavy (non-hydrogen) atoms. The van der Waals surface area contributed by atoms with Crippen molar-refractivity contribution in [2.24, 2.45) is 5.73 Å². The first kappa shape index (κ1) is 49.0. The standard InChI is InChI=1S/C46H51F4N9O9/c47-32-24-58(39(62)21-27-10-12-29(13-11-27)68-46(48,49)50)20-16-36(32)67-43-31(41(51)63)22-28(23-54-43)34-25-57(26-55-34)19-6-9-37(60)53-18-4-2-1-3-17-52-33-8-5-7-30-40(33)45(66)59(44(30)65)35-14-15-38(61)56-42(35)64/h5,7-8,10-13,22-23,25-26,32,35-36,41,52,63H,1-4,6,9,14-21,24,51H2,(H,53,60)(H,56,61,64)/t32-,35?,36-,41?/m1/s1. The lowest BCUT2D eigenvalue weighted by molar-refractivity contribution is -0.274. The highest BCUT2D eigenvalue weighted by molar-refractivity contribution is 6.25. The number of hydrogen-bond acceptors (Lipinski definition) is 13. The number of benzene rings is 2. The summed E-state index contributed by atoms with van der Waals surface area (Å²) in [7, 11) is 0. The minimum Gasteiger partial charge on any atom is -0.471 e. The third kappa shape index (κ3) is 12.3. The normalized spacial score (nSPS) is 18.8. The van der Waals surface area contributed by atoms with Gasteiger partial charge in [0.2, 0.25) is 29.5 Å². The molecule has 362 valence electrons. The molecule has 2 aromatic carbocycles. The second kappa shape index (κ2) is 21.8. The summed E-state index contributed by atoms with van der Waals surface area (Å²) in [4.78, 5) is 86.7. The molecule has 2 aromatic heterocycles. The van der Waals surface area contributed by atoms with E-state index in [1.807, 2.05) is 4.57 Å². The van der Waals surface area contributed by atoms with Crippen LogP contribution in [0.1, 0.15) is 95.9 Å². The average molecular weight is 950 g/mol. The third-order valence-electron chi connectivity index (χ3n) is 11.8. The Hall–Kier alpha value is -6.94. The SMILES string of the molecule is NC(O)c1cc(-c2cn(CCCC(=O)NCCCCCCNc3cccc4c3C(=O)N(C3CCC(=O)NC3=O)C4=O)cn2)cnc1O[C@@H]1CCN(C(=O)Cc2ccc(OC(F)(F)F)cc2)C[C@H]1F. The highest BCUT2D eigenvalue weighted by Crippen LogP contribution is 2.33. The van der Waals surface area contributed by atoms with Gasteiger partial charge in [-0.3, -0.25) is 39.0 Å². The van der Waals surface area contributed by atoms with Crippen LogP contribution >= 0.6 is 0 Å². The van der Waals surface area contributed by atoms with Crippen molar-refractivity contribution in [2.75, 3.05) is 31.5 Å². The second-order valence-electron chi connectivity index (χ2n) is 16.7. The van der Waals surface area contributed by atoms with Crippen molar-refractivity contribution in [3.63, 3.8) is 0 Å². The maximum atomic E-state index is 15.4. The van der Waals surface area contributed by atoms with Gasteiger partial charge < -0.3 is 40.4 Å². The van der Waals surface area contributed by atoms with Crippen LogP contribution in [0.2, 0.25) is 0 Å². The highest BCUT2D eigenvalue weighted by atomic mass is 19.4. The number of hydrogen-bond donors (Lipinski definition) is 5. The molecule has 4 atom stereocenters. The number of aromatic nitrogens is 3. The summed E-state index contributed by atoms with van der Waals surface area (Å²) in [6, 6.07) is 10.3. The molecular weight excluding hydrogens is 899 g/mol. The van der Waals surface area contributed by atoms with Crippen molar-refractivity contribution >= 4 is 41.1 Å². The van der Waals surface area contributed by atoms with E-state index < -0.39 is 66.2 Å². The Balaban J connectivity index is 0.782. The number of ether oxygens (including phenoxy) is 2. The Morgan fingerprint density at radius 1 is 0.971 bits per heavy atom. The van der Waals surface area contributed by atoms with E-state index in [-0.39, 0.29) is 67.3 Å². The number of unbranched alkanes of at least 4 members (excludes halogenated alkanes) is 3. The number of anilines is 1. The molecule has 2 fully saturated rings. The van der Waals surface area contributed by atoms with Crippen molar-refractivity contribution < 1.29 is 60.9 Å². The van der Waals surface area contributed by atoms with Gasteiger partial charge in [0, 0.05) is 69.1 Å². The van der Waals surface area contributed by atoms with E-state index in [4.69, 9.17) is 10.5 Å². The van der Waals surface area contributed by atoms with E-state index in [0.29, 0.717) is 55.0 Å². The number of carbonyl (C=O) groups is 6. The van der Waals surface area contributed by atoms with E-state index in [2.05, 4.69) is 30.7 Å². The molecule has 2 saturated heterocycles. The zero-order valence-corrected chi connectivity index (χ0v) is 36.8. The van der Waals surface area contributed by atoms with Gasteiger partial charge in [0.15, 0.2) is 6.17 Å². The van der Waals surface area contributed by atoms with Gasteiger partial charge in [0.25, 0.3) is 11.8 Å². The summed E-state index contributed by atoms with van der Waals surface area (Å²) in [6.07, 6.45) is -0.0115. The molecule has 0 aliphatic carbocycles. The molecule has 22 heteroatoms. The number of fused-ring (bicyclic) bond motifs is 1. The van der Waals surface area contributed by atoms with Gasteiger partial charge in [0.05, 0.1) is 41.7 Å². The second-order valence-corrected chi connectivity index (χ2v) is 16.7. The first-order valence-corrected chi connectivity index (χ1v) is 22.3. The first-order chi connectivity index (χ1) is 32.5. The third-order valence-corrected chi connectivity index (χ3v) is 11.8. The van der Waals surface area contributed by atoms with Gasteiger partial charge in [-0.05, 0) is 61.6 Å². The van der Waals surface area contributed by atoms with Crippen LogP contribution in [0.25, 0.3) is 11.3 Å². The number of aryl methyl sites for hydroxylation is 1. The molecule has 0 saturated carbocycles. The maximum Gasteiger partial charge on any atom is 0.573 e. The Labute approximate surface area is 387 Å². The molecule has 3 aliphatic rings. The van der Waals surface area contributed by atoms with E-state index in [1.165, 1.54) is 23.2 Å². The van der Waals surface area contributed by atoms with Gasteiger partial charge in [-0.1, -0.05) is 31.0 Å². The summed E-state index contributed by atoms with van der Waals surface area (Å²) in [5.74, 6) is -3.22. The number of aliphatic hydroxyl groups excluding tert-OH is 1. The Bertz CT molecular complexity index is 2500. The van der Waals surface area contributed by atoms with Gasteiger partial charge >= 0.3 is 6.36 Å². The lowest BCUT2D eigenvalue weighted by Crippen LogP contribution is -2.54. The predicted octanol–water partition coefficient (Wildman–Crippen LogP) is 4.32. The largest absolute Gasteiger partial charge is 0.573 e. The van der Waals surface area contributed by atoms with E-state index in [9.17, 15) is 47.0 Å². The minimum atomic E-state index is -4.84. The van der Waals surface area contributed by atoms with Crippen LogP contribution in [-0.4, -0.2) is 116 Å². The Morgan fingerprint density at radius 2 is 1.74 bits per heavy atom. The van der Waals surface area contributed by atoms with Crippen LogP contribution in [0.5, 0.6) is 11.6 Å². The molecule has 2 unspecified atom stereocenters. The van der Waals surface area contributed by atoms with Crippen molar-refractivity contribution in [3.05, 3.63) is 89.5 Å². The van der Waals surface area contributed by atoms with Gasteiger partial charge in [0.1, 0.15) is 24.1 Å². The first-order valence-electron chi connectivity index (χ1n) is 22.3. The fourth-order valence-corrected chi connectivity index (χ4v) is 8.26. The number of nitrogens with two attached hydrogens (primary N) is 1. The van der Waals surface area contributed by atoms with Crippen LogP contribution in [0.15, 0.2) is 67.3 Å². The molecule has 0 radical (unpaired) electrons. The number of aliphatic hydroxyl groups is 1. The molecule has 0 spiro atoms. The molecule has 0 bridgehead atoms. The zero-order valence-electron chi connectivity index (χ0n) is 36.8. The molecule has 18 nitrogen and oxygen atoms in total. The van der Waals surface area contributed by atoms with Crippen LogP contribution in [0, 0.1) is 0 Å². The Morgan fingerprint density at radius 3 is 2.46 bits per heavy atom. The summed E-state index contributed by atoms with van der Waals surface area (Å²) in [5, 5.41) is 18.7. The smallest absolute Gasteiger partial charge is 0.471 e. The lowest BCUT2D eigenvalue weighted by Gasteiger charge is -2.35. The number of nitrogens with zero attached hydrogens (tertiary/aromatic N) is 5. The van der Waals surface area contributed by atoms with Crippen molar-refractivity contribution in [3.8, 4) is 22.9 Å². The molecule has 3 aliphatic heterocycles. The monoisotopic (exact) mass is 949 g/mol. The number of imidazole rings is 1. The fourth-order valence-electron chi connectivity index (χ4n) is 8.26. The van der Waals surface area contributed by atoms with Crippen molar-refractivity contribution in [1.82, 2.24) is 35.0 Å². The van der Waals surface area contributed by atoms with E-state index in [1.54, 1.807) is 36.8 Å². The number of piperidine rings is 2. The minimum absolute atomic E-state index is 0.0440. The molecule has 4 aromatic rings. The number of pyridine rings is 1. The summed E-state index contributed by atoms with van der Waals surface area (Å²) >= 11 is 0. The van der Waals surface area contributed by atoms with Gasteiger partial charge in [-0.15, -0.1) is 13.2 Å². The molecule has 6 amide bonds. The average Bonchev–Trinajstić information content (AvgIpc) is 3.87. The number of imide groups is 2. The highest BCUT2D eigenvalue weighted by Gasteiger charge is 2.45. The summed E-state index contributed by atoms with van der Waals surface area (Å²) < 4.78 is 64.3. The van der Waals surface area contributed by atoms with Crippen LogP contribution in [0.4, 0.5) is 23.2 Å². The van der Waals surface area contributed by atoms with E-state index >= 15 is 4.39 Å². The number of amides is 6. The Kier molecular flexibility index (Phi) is 15.7. The topological polar surface area (TPSA) is 240 Å². The fraction of sp³-hybridized carbons (Fsp3) is 0.435. The zero-order chi connectivity index (χ0) is 48.5. The molecule has 6 N–H and O–H groups in total. The molecular formula is C46H51F4N9O9. The number of carbonyl (C=O) groups excluding carboxylic acids is 6. The van der Waals surface area contributed by atoms with Crippen LogP contribution in [0.3, 0.4) is 0 Å². The number of alkyl halides is 4. The van der Waals surface area contributed by atoms with Gasteiger partial charge in [-0.2, -0.15) is 0 Å². The lowest BCUT2D eigenvalue weighted by atomic mass is 10.0. The van der Waals surface area contributed by atoms with Crippen LogP contribution < -0.4 is 31.2 Å². The van der Waals surface area contributed by atoms with Crippen LogP contribution in [-0.2, 0) is 32.1 Å². The number of likely N-dealkylation sites (tertiary alicyclic amines) is 1.